The van der Waals surface area contributed by atoms with Gasteiger partial charge in [0.15, 0.2) is 0 Å². The Labute approximate surface area is 139 Å². The maximum absolute atomic E-state index is 12.8. The van der Waals surface area contributed by atoms with Crippen molar-refractivity contribution in [3.63, 3.8) is 0 Å². The van der Waals surface area contributed by atoms with Gasteiger partial charge < -0.3 is 14.8 Å². The van der Waals surface area contributed by atoms with Crippen LogP contribution in [0.2, 0.25) is 0 Å². The predicted octanol–water partition coefficient (Wildman–Crippen LogP) is 1.07. The third-order valence-corrected chi connectivity index (χ3v) is 4.35. The number of likely N-dealkylation sites (tertiary alicyclic amines) is 1. The summed E-state index contributed by atoms with van der Waals surface area (Å²) in [4.78, 5) is 39.1. The second-order valence-electron chi connectivity index (χ2n) is 5.97. The highest BCUT2D eigenvalue weighted by Crippen LogP contribution is 2.35. The Balaban J connectivity index is 1.87. The molecule has 0 spiro atoms. The first-order valence-corrected chi connectivity index (χ1v) is 7.80. The van der Waals surface area contributed by atoms with Crippen molar-refractivity contribution in [1.82, 2.24) is 24.4 Å². The first-order valence-electron chi connectivity index (χ1n) is 7.80. The fourth-order valence-corrected chi connectivity index (χ4v) is 3.07. The van der Waals surface area contributed by atoms with Crippen LogP contribution < -0.4 is 5.32 Å². The first kappa shape index (κ1) is 16.1. The van der Waals surface area contributed by atoms with Crippen LogP contribution in [0.4, 0.5) is 5.82 Å². The zero-order valence-electron chi connectivity index (χ0n) is 13.9. The number of piperidine rings is 1. The Bertz CT molecular complexity index is 771. The van der Waals surface area contributed by atoms with Gasteiger partial charge in [0.2, 0.25) is 11.8 Å². The summed E-state index contributed by atoms with van der Waals surface area (Å²) in [6.45, 7) is 1.76. The molecule has 8 heteroatoms. The van der Waals surface area contributed by atoms with E-state index in [2.05, 4.69) is 20.3 Å². The second-order valence-corrected chi connectivity index (χ2v) is 5.97. The maximum Gasteiger partial charge on any atom is 0.231 e. The molecule has 1 N–H and O–H groups in total. The van der Waals surface area contributed by atoms with Gasteiger partial charge in [0.25, 0.3) is 0 Å². The molecule has 0 saturated carbocycles. The molecule has 2 aromatic rings. The summed E-state index contributed by atoms with van der Waals surface area (Å²) >= 11 is 0. The van der Waals surface area contributed by atoms with Gasteiger partial charge in [-0.1, -0.05) is 0 Å². The van der Waals surface area contributed by atoms with Crippen molar-refractivity contribution in [1.29, 1.82) is 0 Å². The van der Waals surface area contributed by atoms with Crippen LogP contribution in [0.5, 0.6) is 0 Å². The van der Waals surface area contributed by atoms with Crippen LogP contribution in [0.25, 0.3) is 0 Å². The summed E-state index contributed by atoms with van der Waals surface area (Å²) in [5, 5.41) is 2.83. The first-order chi connectivity index (χ1) is 11.5. The Morgan fingerprint density at radius 3 is 2.75 bits per heavy atom. The molecule has 3 rings (SSSR count). The van der Waals surface area contributed by atoms with Gasteiger partial charge in [-0.25, -0.2) is 15.0 Å². The molecule has 3 heterocycles. The third kappa shape index (κ3) is 2.99. The third-order valence-electron chi connectivity index (χ3n) is 4.35. The van der Waals surface area contributed by atoms with Gasteiger partial charge in [0.05, 0.1) is 5.92 Å². The van der Waals surface area contributed by atoms with Crippen molar-refractivity contribution < 1.29 is 9.59 Å². The standard InChI is InChI=1S/C16H20N6O2/c1-10-17-7-6-12(19-10)20-16(24)11-4-5-13(23)22(3)14(11)15-18-8-9-21(15)2/h6-9,11,14H,4-5H2,1-3H3,(H,17,19,20,24)/t11-,14-/m0/s1. The predicted molar refractivity (Wildman–Crippen MR) is 86.8 cm³/mol. The summed E-state index contributed by atoms with van der Waals surface area (Å²) in [5.41, 5.74) is 0. The molecule has 0 bridgehead atoms. The van der Waals surface area contributed by atoms with Crippen LogP contribution in [0, 0.1) is 12.8 Å². The summed E-state index contributed by atoms with van der Waals surface area (Å²) in [7, 11) is 3.58. The highest BCUT2D eigenvalue weighted by atomic mass is 16.2. The van der Waals surface area contributed by atoms with Crippen molar-refractivity contribution in [2.45, 2.75) is 25.8 Å². The molecule has 0 unspecified atom stereocenters. The van der Waals surface area contributed by atoms with Crippen LogP contribution in [-0.4, -0.2) is 43.3 Å². The average Bonchev–Trinajstić information content (AvgIpc) is 2.95. The molecule has 0 aromatic carbocycles. The van der Waals surface area contributed by atoms with Gasteiger partial charge in [0, 0.05) is 39.1 Å². The molecule has 2 amide bonds. The molecule has 24 heavy (non-hydrogen) atoms. The minimum absolute atomic E-state index is 0.0185. The topological polar surface area (TPSA) is 93.0 Å². The lowest BCUT2D eigenvalue weighted by Crippen LogP contribution is -2.45. The molecule has 0 radical (unpaired) electrons. The quantitative estimate of drug-likeness (QED) is 0.909. The lowest BCUT2D eigenvalue weighted by molar-refractivity contribution is -0.140. The Morgan fingerprint density at radius 1 is 1.29 bits per heavy atom. The summed E-state index contributed by atoms with van der Waals surface area (Å²) in [6.07, 6.45) is 5.91. The number of rotatable bonds is 3. The zero-order chi connectivity index (χ0) is 17.3. The van der Waals surface area contributed by atoms with E-state index in [-0.39, 0.29) is 17.7 Å². The summed E-state index contributed by atoms with van der Waals surface area (Å²) in [5.74, 6) is 1.22. The van der Waals surface area contributed by atoms with Crippen LogP contribution in [0.3, 0.4) is 0 Å². The van der Waals surface area contributed by atoms with Crippen LogP contribution in [-0.2, 0) is 16.6 Å². The van der Waals surface area contributed by atoms with Crippen molar-refractivity contribution in [3.05, 3.63) is 36.3 Å². The molecule has 1 aliphatic heterocycles. The number of amides is 2. The van der Waals surface area contributed by atoms with Gasteiger partial charge in [-0.3, -0.25) is 9.59 Å². The van der Waals surface area contributed by atoms with E-state index in [0.717, 1.165) is 0 Å². The van der Waals surface area contributed by atoms with E-state index in [9.17, 15) is 9.59 Å². The molecular formula is C16H20N6O2. The molecule has 2 aromatic heterocycles. The fourth-order valence-electron chi connectivity index (χ4n) is 3.07. The molecule has 8 nitrogen and oxygen atoms in total. The van der Waals surface area contributed by atoms with Crippen molar-refractivity contribution in [2.75, 3.05) is 12.4 Å². The number of anilines is 1. The van der Waals surface area contributed by atoms with E-state index in [0.29, 0.717) is 30.3 Å². The lowest BCUT2D eigenvalue weighted by atomic mass is 9.87. The molecule has 1 aliphatic rings. The van der Waals surface area contributed by atoms with Gasteiger partial charge in [-0.05, 0) is 19.4 Å². The number of imidazole rings is 1. The molecule has 1 fully saturated rings. The minimum atomic E-state index is -0.394. The van der Waals surface area contributed by atoms with E-state index in [4.69, 9.17) is 0 Å². The van der Waals surface area contributed by atoms with Crippen LogP contribution in [0.15, 0.2) is 24.7 Å². The van der Waals surface area contributed by atoms with Crippen LogP contribution >= 0.6 is 0 Å². The van der Waals surface area contributed by atoms with E-state index >= 15 is 0 Å². The van der Waals surface area contributed by atoms with Gasteiger partial charge in [0.1, 0.15) is 23.5 Å². The smallest absolute Gasteiger partial charge is 0.231 e. The molecule has 0 aliphatic carbocycles. The SMILES string of the molecule is Cc1nccc(NC(=O)[C@H]2CCC(=O)N(C)[C@@H]2c2nccn2C)n1. The van der Waals surface area contributed by atoms with Crippen molar-refractivity contribution >= 4 is 17.6 Å². The highest BCUT2D eigenvalue weighted by molar-refractivity contribution is 5.93. The summed E-state index contributed by atoms with van der Waals surface area (Å²) < 4.78 is 1.84. The second kappa shape index (κ2) is 6.38. The Morgan fingerprint density at radius 2 is 2.08 bits per heavy atom. The van der Waals surface area contributed by atoms with E-state index in [1.807, 2.05) is 17.8 Å². The number of hydrogen-bond donors (Lipinski definition) is 1. The number of carbonyl (C=O) groups is 2. The number of aryl methyl sites for hydroxylation is 2. The monoisotopic (exact) mass is 328 g/mol. The molecule has 2 atom stereocenters. The zero-order valence-corrected chi connectivity index (χ0v) is 13.9. The molecular weight excluding hydrogens is 308 g/mol. The normalized spacial score (nSPS) is 21.0. The molecule has 126 valence electrons. The number of hydrogen-bond acceptors (Lipinski definition) is 5. The van der Waals surface area contributed by atoms with E-state index < -0.39 is 6.04 Å². The van der Waals surface area contributed by atoms with Gasteiger partial charge in [-0.2, -0.15) is 0 Å². The number of nitrogens with zero attached hydrogens (tertiary/aromatic N) is 5. The van der Waals surface area contributed by atoms with Gasteiger partial charge in [-0.15, -0.1) is 0 Å². The number of nitrogens with one attached hydrogen (secondary N) is 1. The van der Waals surface area contributed by atoms with E-state index in [1.54, 1.807) is 37.3 Å². The highest BCUT2D eigenvalue weighted by Gasteiger charge is 2.40. The lowest BCUT2D eigenvalue weighted by Gasteiger charge is -2.37. The van der Waals surface area contributed by atoms with Crippen molar-refractivity contribution in [3.8, 4) is 0 Å². The molecule has 1 saturated heterocycles. The average molecular weight is 328 g/mol. The maximum atomic E-state index is 12.8. The Hall–Kier alpha value is -2.77. The fraction of sp³-hybridized carbons (Fsp3) is 0.438. The van der Waals surface area contributed by atoms with Crippen molar-refractivity contribution in [2.24, 2.45) is 13.0 Å². The van der Waals surface area contributed by atoms with E-state index in [1.165, 1.54) is 0 Å². The minimum Gasteiger partial charge on any atom is -0.336 e. The van der Waals surface area contributed by atoms with Gasteiger partial charge >= 0.3 is 0 Å². The van der Waals surface area contributed by atoms with Crippen LogP contribution in [0.1, 0.15) is 30.5 Å². The number of aromatic nitrogens is 4. The Kier molecular flexibility index (Phi) is 4.28. The largest absolute Gasteiger partial charge is 0.336 e. The number of carbonyl (C=O) groups excluding carboxylic acids is 2. The summed E-state index contributed by atoms with van der Waals surface area (Å²) in [6, 6.07) is 1.26.